The largest absolute Gasteiger partial charge is 0.489 e. The van der Waals surface area contributed by atoms with Gasteiger partial charge < -0.3 is 15.2 Å². The summed E-state index contributed by atoms with van der Waals surface area (Å²) in [6.07, 6.45) is 3.11. The lowest BCUT2D eigenvalue weighted by molar-refractivity contribution is 0.0915. The van der Waals surface area contributed by atoms with E-state index in [4.69, 9.17) is 9.84 Å². The first-order chi connectivity index (χ1) is 8.93. The van der Waals surface area contributed by atoms with Crippen molar-refractivity contribution >= 4 is 5.91 Å². The second-order valence-electron chi connectivity index (χ2n) is 5.00. The van der Waals surface area contributed by atoms with Crippen molar-refractivity contribution in [3.05, 3.63) is 24.0 Å². The van der Waals surface area contributed by atoms with E-state index in [1.54, 1.807) is 12.3 Å². The summed E-state index contributed by atoms with van der Waals surface area (Å²) in [5.41, 5.74) is 0.454. The Morgan fingerprint density at radius 1 is 1.37 bits per heavy atom. The molecule has 0 aliphatic heterocycles. The fourth-order valence-corrected chi connectivity index (χ4v) is 1.47. The minimum Gasteiger partial charge on any atom is -0.489 e. The van der Waals surface area contributed by atoms with E-state index in [2.05, 4.69) is 10.3 Å². The van der Waals surface area contributed by atoms with Crippen LogP contribution in [0.15, 0.2) is 18.5 Å². The van der Waals surface area contributed by atoms with Crippen LogP contribution in [0.3, 0.4) is 0 Å². The minimum atomic E-state index is -0.213. The fraction of sp³-hybridized carbons (Fsp3) is 0.571. The number of nitrogens with zero attached hydrogens (tertiary/aromatic N) is 1. The Bertz CT molecular complexity index is 421. The van der Waals surface area contributed by atoms with Gasteiger partial charge in [0, 0.05) is 18.8 Å². The predicted molar refractivity (Wildman–Crippen MR) is 73.2 cm³/mol. The van der Waals surface area contributed by atoms with Crippen molar-refractivity contribution in [2.75, 3.05) is 6.61 Å². The van der Waals surface area contributed by atoms with Gasteiger partial charge in [0.1, 0.15) is 5.75 Å². The molecule has 0 bridgehead atoms. The zero-order valence-corrected chi connectivity index (χ0v) is 11.9. The van der Waals surface area contributed by atoms with Gasteiger partial charge in [0.15, 0.2) is 0 Å². The quantitative estimate of drug-likeness (QED) is 0.820. The molecule has 0 radical (unpaired) electrons. The Morgan fingerprint density at radius 3 is 2.63 bits per heavy atom. The summed E-state index contributed by atoms with van der Waals surface area (Å²) in [6.45, 7) is 7.61. The van der Waals surface area contributed by atoms with E-state index in [1.807, 2.05) is 27.7 Å². The van der Waals surface area contributed by atoms with Crippen LogP contribution >= 0.6 is 0 Å². The van der Waals surface area contributed by atoms with Crippen LogP contribution in [-0.4, -0.2) is 34.8 Å². The molecular formula is C14H22N2O3. The maximum absolute atomic E-state index is 12.0. The van der Waals surface area contributed by atoms with Gasteiger partial charge in [-0.05, 0) is 32.8 Å². The Balaban J connectivity index is 2.71. The van der Waals surface area contributed by atoms with Gasteiger partial charge in [0.2, 0.25) is 0 Å². The first-order valence-electron chi connectivity index (χ1n) is 6.47. The molecule has 5 nitrogen and oxygen atoms in total. The highest BCUT2D eigenvalue weighted by Crippen LogP contribution is 2.13. The molecule has 19 heavy (non-hydrogen) atoms. The van der Waals surface area contributed by atoms with E-state index >= 15 is 0 Å². The van der Waals surface area contributed by atoms with Gasteiger partial charge in [-0.3, -0.25) is 9.78 Å². The SMILES string of the molecule is CC(C)Oc1cncc(C(=O)NC(C)C(C)CO)c1. The molecule has 2 atom stereocenters. The number of aliphatic hydroxyl groups is 1. The summed E-state index contributed by atoms with van der Waals surface area (Å²) < 4.78 is 5.50. The number of aliphatic hydroxyl groups excluding tert-OH is 1. The number of hydrogen-bond acceptors (Lipinski definition) is 4. The molecule has 1 amide bonds. The molecule has 0 saturated heterocycles. The Morgan fingerprint density at radius 2 is 2.05 bits per heavy atom. The smallest absolute Gasteiger partial charge is 0.253 e. The number of carbonyl (C=O) groups excluding carboxylic acids is 1. The third-order valence-corrected chi connectivity index (χ3v) is 2.85. The van der Waals surface area contributed by atoms with Gasteiger partial charge in [-0.1, -0.05) is 6.92 Å². The lowest BCUT2D eigenvalue weighted by Crippen LogP contribution is -2.38. The molecule has 0 aliphatic carbocycles. The number of hydrogen-bond donors (Lipinski definition) is 2. The number of carbonyl (C=O) groups is 1. The average Bonchev–Trinajstić information content (AvgIpc) is 2.37. The van der Waals surface area contributed by atoms with Crippen LogP contribution in [0, 0.1) is 5.92 Å². The van der Waals surface area contributed by atoms with Crippen LogP contribution in [0.2, 0.25) is 0 Å². The summed E-state index contributed by atoms with van der Waals surface area (Å²) in [5.74, 6) is 0.368. The van der Waals surface area contributed by atoms with E-state index < -0.39 is 0 Å². The molecule has 0 spiro atoms. The summed E-state index contributed by atoms with van der Waals surface area (Å²) >= 11 is 0. The molecule has 2 unspecified atom stereocenters. The molecule has 106 valence electrons. The molecule has 1 heterocycles. The van der Waals surface area contributed by atoms with Crippen LogP contribution < -0.4 is 10.1 Å². The summed E-state index contributed by atoms with van der Waals surface area (Å²) in [4.78, 5) is 16.0. The number of ether oxygens (including phenoxy) is 1. The van der Waals surface area contributed by atoms with Gasteiger partial charge in [0.25, 0.3) is 5.91 Å². The molecule has 0 saturated carbocycles. The molecule has 1 aromatic rings. The minimum absolute atomic E-state index is 0.00649. The predicted octanol–water partition coefficient (Wildman–Crippen LogP) is 1.62. The number of aromatic nitrogens is 1. The molecular weight excluding hydrogens is 244 g/mol. The van der Waals surface area contributed by atoms with Crippen molar-refractivity contribution in [1.29, 1.82) is 0 Å². The van der Waals surface area contributed by atoms with Crippen LogP contribution in [0.1, 0.15) is 38.1 Å². The van der Waals surface area contributed by atoms with Crippen molar-refractivity contribution in [2.24, 2.45) is 5.92 Å². The highest BCUT2D eigenvalue weighted by atomic mass is 16.5. The number of nitrogens with one attached hydrogen (secondary N) is 1. The van der Waals surface area contributed by atoms with E-state index in [0.29, 0.717) is 11.3 Å². The third-order valence-electron chi connectivity index (χ3n) is 2.85. The van der Waals surface area contributed by atoms with Gasteiger partial charge in [-0.15, -0.1) is 0 Å². The number of amides is 1. The lowest BCUT2D eigenvalue weighted by Gasteiger charge is -2.19. The third kappa shape index (κ3) is 4.87. The molecule has 0 aromatic carbocycles. The highest BCUT2D eigenvalue weighted by molar-refractivity contribution is 5.94. The van der Waals surface area contributed by atoms with Crippen molar-refractivity contribution in [1.82, 2.24) is 10.3 Å². The van der Waals surface area contributed by atoms with Gasteiger partial charge >= 0.3 is 0 Å². The zero-order chi connectivity index (χ0) is 14.4. The molecule has 1 rings (SSSR count). The summed E-state index contributed by atoms with van der Waals surface area (Å²) in [5, 5.41) is 11.9. The van der Waals surface area contributed by atoms with Crippen molar-refractivity contribution in [2.45, 2.75) is 39.8 Å². The zero-order valence-electron chi connectivity index (χ0n) is 11.9. The first-order valence-corrected chi connectivity index (χ1v) is 6.47. The second kappa shape index (κ2) is 7.09. The van der Waals surface area contributed by atoms with E-state index in [9.17, 15) is 4.79 Å². The molecule has 2 N–H and O–H groups in total. The maximum Gasteiger partial charge on any atom is 0.253 e. The van der Waals surface area contributed by atoms with E-state index in [0.717, 1.165) is 0 Å². The van der Waals surface area contributed by atoms with E-state index in [1.165, 1.54) is 6.20 Å². The average molecular weight is 266 g/mol. The summed E-state index contributed by atoms with van der Waals surface area (Å²) in [7, 11) is 0. The van der Waals surface area contributed by atoms with Gasteiger partial charge in [0.05, 0.1) is 17.9 Å². The van der Waals surface area contributed by atoms with E-state index in [-0.39, 0.29) is 30.6 Å². The standard InChI is InChI=1S/C14H22N2O3/c1-9(2)19-13-5-12(6-15-7-13)14(18)16-11(4)10(3)8-17/h5-7,9-11,17H,8H2,1-4H3,(H,16,18). The normalized spacial score (nSPS) is 14.0. The van der Waals surface area contributed by atoms with Crippen molar-refractivity contribution in [3.63, 3.8) is 0 Å². The molecule has 5 heteroatoms. The Kier molecular flexibility index (Phi) is 5.76. The Labute approximate surface area is 114 Å². The molecule has 0 fully saturated rings. The highest BCUT2D eigenvalue weighted by Gasteiger charge is 2.15. The first kappa shape index (κ1) is 15.4. The fourth-order valence-electron chi connectivity index (χ4n) is 1.47. The van der Waals surface area contributed by atoms with Crippen LogP contribution in [0.25, 0.3) is 0 Å². The van der Waals surface area contributed by atoms with Crippen molar-refractivity contribution < 1.29 is 14.6 Å². The summed E-state index contributed by atoms with van der Waals surface area (Å²) in [6, 6.07) is 1.56. The van der Waals surface area contributed by atoms with Crippen LogP contribution in [0.5, 0.6) is 5.75 Å². The molecule has 1 aromatic heterocycles. The number of pyridine rings is 1. The second-order valence-corrected chi connectivity index (χ2v) is 5.00. The Hall–Kier alpha value is -1.62. The molecule has 0 aliphatic rings. The monoisotopic (exact) mass is 266 g/mol. The van der Waals surface area contributed by atoms with Gasteiger partial charge in [-0.25, -0.2) is 0 Å². The van der Waals surface area contributed by atoms with Crippen molar-refractivity contribution in [3.8, 4) is 5.75 Å². The van der Waals surface area contributed by atoms with Gasteiger partial charge in [-0.2, -0.15) is 0 Å². The number of rotatable bonds is 6. The topological polar surface area (TPSA) is 71.5 Å². The van der Waals surface area contributed by atoms with Crippen LogP contribution in [-0.2, 0) is 0 Å². The lowest BCUT2D eigenvalue weighted by atomic mass is 10.0. The van der Waals surface area contributed by atoms with Crippen LogP contribution in [0.4, 0.5) is 0 Å². The maximum atomic E-state index is 12.0.